The summed E-state index contributed by atoms with van der Waals surface area (Å²) < 4.78 is 11.3. The van der Waals surface area contributed by atoms with Crippen LogP contribution in [-0.4, -0.2) is 46.9 Å². The molecule has 0 spiro atoms. The summed E-state index contributed by atoms with van der Waals surface area (Å²) in [6.45, 7) is 0.0264. The highest BCUT2D eigenvalue weighted by Crippen LogP contribution is 2.33. The van der Waals surface area contributed by atoms with Crippen LogP contribution < -0.4 is 10.2 Å². The summed E-state index contributed by atoms with van der Waals surface area (Å²) in [5.74, 6) is -1.64. The summed E-state index contributed by atoms with van der Waals surface area (Å²) in [6, 6.07) is 13.9. The molecule has 2 aromatic carbocycles. The monoisotopic (exact) mass is 520 g/mol. The second-order valence-corrected chi connectivity index (χ2v) is 8.43. The summed E-state index contributed by atoms with van der Waals surface area (Å²) in [5.41, 5.74) is 4.04. The van der Waals surface area contributed by atoms with Gasteiger partial charge in [-0.3, -0.25) is 19.8 Å². The van der Waals surface area contributed by atoms with Crippen molar-refractivity contribution in [3.8, 4) is 5.75 Å². The van der Waals surface area contributed by atoms with Gasteiger partial charge in [-0.05, 0) is 30.3 Å². The Kier molecular flexibility index (Phi) is 5.46. The molecule has 3 amide bonds. The summed E-state index contributed by atoms with van der Waals surface area (Å²) in [7, 11) is 2.96. The fraction of sp³-hybridized carbons (Fsp3) is 0.125. The Bertz CT molecular complexity index is 1520. The predicted octanol–water partition coefficient (Wildman–Crippen LogP) is 3.64. The topological polar surface area (TPSA) is 111 Å². The fourth-order valence-corrected chi connectivity index (χ4v) is 4.35. The number of imide groups is 1. The molecule has 170 valence electrons. The van der Waals surface area contributed by atoms with Crippen molar-refractivity contribution in [3.05, 3.63) is 75.5 Å². The smallest absolute Gasteiger partial charge is 0.289 e. The van der Waals surface area contributed by atoms with Crippen LogP contribution >= 0.6 is 15.9 Å². The van der Waals surface area contributed by atoms with Crippen molar-refractivity contribution in [1.29, 1.82) is 0 Å². The molecule has 1 aliphatic heterocycles. The third kappa shape index (κ3) is 3.47. The van der Waals surface area contributed by atoms with E-state index in [-0.39, 0.29) is 23.4 Å². The normalized spacial score (nSPS) is 13.0. The molecule has 0 saturated heterocycles. The lowest BCUT2D eigenvalue weighted by molar-refractivity contribution is 0.0516. The molecule has 0 unspecified atom stereocenters. The number of hydrogen-bond donors (Lipinski definition) is 1. The molecule has 4 aromatic rings. The summed E-state index contributed by atoms with van der Waals surface area (Å²) in [6.07, 6.45) is 0. The number of benzene rings is 2. The number of hydrogen-bond acceptors (Lipinski definition) is 7. The van der Waals surface area contributed by atoms with Crippen LogP contribution in [-0.2, 0) is 11.3 Å². The van der Waals surface area contributed by atoms with Crippen LogP contribution in [0.2, 0.25) is 0 Å². The molecule has 0 aliphatic carbocycles. The number of ether oxygens (including phenoxy) is 2. The lowest BCUT2D eigenvalue weighted by Crippen LogP contribution is -2.46. The quantitative estimate of drug-likeness (QED) is 0.400. The van der Waals surface area contributed by atoms with Crippen LogP contribution in [0.5, 0.6) is 5.75 Å². The van der Waals surface area contributed by atoms with Crippen LogP contribution in [0.3, 0.4) is 0 Å². The first-order chi connectivity index (χ1) is 16.4. The summed E-state index contributed by atoms with van der Waals surface area (Å²) >= 11 is 3.39. The van der Waals surface area contributed by atoms with E-state index >= 15 is 0 Å². The number of aromatic nitrogens is 2. The van der Waals surface area contributed by atoms with E-state index in [0.717, 1.165) is 9.86 Å². The zero-order chi connectivity index (χ0) is 24.0. The lowest BCUT2D eigenvalue weighted by atomic mass is 10.0. The number of pyridine rings is 2. The molecule has 9 nitrogen and oxygen atoms in total. The van der Waals surface area contributed by atoms with Crippen LogP contribution in [0.25, 0.3) is 21.8 Å². The highest BCUT2D eigenvalue weighted by molar-refractivity contribution is 9.10. The molecule has 10 heteroatoms. The van der Waals surface area contributed by atoms with Gasteiger partial charge in [-0.1, -0.05) is 28.1 Å². The molecule has 2 aromatic heterocycles. The number of fused-ring (bicyclic) bond motifs is 4. The molecule has 5 rings (SSSR count). The minimum atomic E-state index is -0.731. The van der Waals surface area contributed by atoms with Gasteiger partial charge in [-0.2, -0.15) is 5.01 Å². The standard InChI is InChI=1S/C24H17BrN4O5/c1-33-11-18-21-20(14-9-12(25)7-8-16(14)27-18)23(31)29(24(21)32)28-22(30)17-10-19(34-2)13-5-3-4-6-15(13)26-17/h3-10H,11H2,1-2H3,(H,28,30). The number of nitrogens with zero attached hydrogens (tertiary/aromatic N) is 3. The fourth-order valence-electron chi connectivity index (χ4n) is 3.98. The Balaban J connectivity index is 1.56. The summed E-state index contributed by atoms with van der Waals surface area (Å²) in [4.78, 5) is 48.5. The molecule has 0 fully saturated rings. The Morgan fingerprint density at radius 3 is 2.47 bits per heavy atom. The van der Waals surface area contributed by atoms with Gasteiger partial charge in [0, 0.05) is 28.4 Å². The number of hydrazine groups is 1. The van der Waals surface area contributed by atoms with Gasteiger partial charge in [0.15, 0.2) is 0 Å². The largest absolute Gasteiger partial charge is 0.496 e. The molecule has 0 atom stereocenters. The van der Waals surface area contributed by atoms with Crippen molar-refractivity contribution in [2.24, 2.45) is 0 Å². The van der Waals surface area contributed by atoms with Gasteiger partial charge in [0.05, 0.1) is 41.6 Å². The van der Waals surface area contributed by atoms with E-state index in [1.807, 2.05) is 12.1 Å². The molecule has 1 aliphatic rings. The Morgan fingerprint density at radius 1 is 0.971 bits per heavy atom. The average molecular weight is 521 g/mol. The van der Waals surface area contributed by atoms with Crippen molar-refractivity contribution in [2.45, 2.75) is 6.61 Å². The third-order valence-electron chi connectivity index (χ3n) is 5.48. The van der Waals surface area contributed by atoms with Gasteiger partial charge in [0.2, 0.25) is 0 Å². The molecular formula is C24H17BrN4O5. The molecule has 34 heavy (non-hydrogen) atoms. The maximum atomic E-state index is 13.4. The van der Waals surface area contributed by atoms with E-state index in [1.54, 1.807) is 30.3 Å². The molecular weight excluding hydrogens is 504 g/mol. The van der Waals surface area contributed by atoms with E-state index in [2.05, 4.69) is 31.3 Å². The predicted molar refractivity (Wildman–Crippen MR) is 126 cm³/mol. The first kappa shape index (κ1) is 21.9. The maximum Gasteiger partial charge on any atom is 0.289 e. The Morgan fingerprint density at radius 2 is 1.71 bits per heavy atom. The van der Waals surface area contributed by atoms with E-state index in [0.29, 0.717) is 32.9 Å². The Labute approximate surface area is 201 Å². The highest BCUT2D eigenvalue weighted by Gasteiger charge is 2.41. The van der Waals surface area contributed by atoms with Gasteiger partial charge in [0.25, 0.3) is 17.7 Å². The van der Waals surface area contributed by atoms with Gasteiger partial charge >= 0.3 is 0 Å². The van der Waals surface area contributed by atoms with E-state index in [1.165, 1.54) is 20.3 Å². The number of halogens is 1. The molecule has 0 radical (unpaired) electrons. The van der Waals surface area contributed by atoms with Crippen molar-refractivity contribution >= 4 is 55.5 Å². The SMILES string of the molecule is COCc1nc2ccc(Br)cc2c2c1C(=O)N(NC(=O)c1cc(OC)c3ccccc3n1)C2=O. The second kappa shape index (κ2) is 8.47. The maximum absolute atomic E-state index is 13.4. The first-order valence-electron chi connectivity index (χ1n) is 10.2. The lowest BCUT2D eigenvalue weighted by Gasteiger charge is -2.15. The number of para-hydroxylation sites is 1. The van der Waals surface area contributed by atoms with Crippen molar-refractivity contribution in [2.75, 3.05) is 14.2 Å². The highest BCUT2D eigenvalue weighted by atomic mass is 79.9. The van der Waals surface area contributed by atoms with E-state index < -0.39 is 17.7 Å². The molecule has 3 heterocycles. The van der Waals surface area contributed by atoms with E-state index in [9.17, 15) is 14.4 Å². The molecule has 0 bridgehead atoms. The molecule has 1 N–H and O–H groups in total. The zero-order valence-electron chi connectivity index (χ0n) is 18.1. The summed E-state index contributed by atoms with van der Waals surface area (Å²) in [5, 5.41) is 1.91. The van der Waals surface area contributed by atoms with Crippen molar-refractivity contribution in [1.82, 2.24) is 20.4 Å². The van der Waals surface area contributed by atoms with E-state index in [4.69, 9.17) is 9.47 Å². The van der Waals surface area contributed by atoms with Gasteiger partial charge < -0.3 is 9.47 Å². The van der Waals surface area contributed by atoms with Crippen LogP contribution in [0.1, 0.15) is 36.9 Å². The molecule has 0 saturated carbocycles. The van der Waals surface area contributed by atoms with Crippen molar-refractivity contribution in [3.63, 3.8) is 0 Å². The number of carbonyl (C=O) groups is 3. The second-order valence-electron chi connectivity index (χ2n) is 7.52. The van der Waals surface area contributed by atoms with Crippen LogP contribution in [0, 0.1) is 0 Å². The number of methoxy groups -OCH3 is 2. The number of rotatable bonds is 5. The first-order valence-corrected chi connectivity index (χ1v) is 11.0. The van der Waals surface area contributed by atoms with Gasteiger partial charge in [0.1, 0.15) is 11.4 Å². The Hall–Kier alpha value is -3.89. The number of carbonyl (C=O) groups excluding carboxylic acids is 3. The average Bonchev–Trinajstić information content (AvgIpc) is 3.09. The van der Waals surface area contributed by atoms with Crippen LogP contribution in [0.15, 0.2) is 53.0 Å². The van der Waals surface area contributed by atoms with Gasteiger partial charge in [-0.25, -0.2) is 9.97 Å². The number of nitrogens with one attached hydrogen (secondary N) is 1. The zero-order valence-corrected chi connectivity index (χ0v) is 19.7. The minimum Gasteiger partial charge on any atom is -0.496 e. The minimum absolute atomic E-state index is 0.00468. The van der Waals surface area contributed by atoms with Crippen molar-refractivity contribution < 1.29 is 23.9 Å². The third-order valence-corrected chi connectivity index (χ3v) is 5.97. The van der Waals surface area contributed by atoms with Crippen LogP contribution in [0.4, 0.5) is 0 Å². The number of amides is 3. The van der Waals surface area contributed by atoms with Gasteiger partial charge in [-0.15, -0.1) is 0 Å².